The molecule has 73 heavy (non-hydrogen) atoms. The van der Waals surface area contributed by atoms with E-state index in [1.54, 1.807) is 27.7 Å². The summed E-state index contributed by atoms with van der Waals surface area (Å²) in [7, 11) is 0. The molecule has 1 rings (SSSR count). The highest BCUT2D eigenvalue weighted by Crippen LogP contribution is 2.12. The van der Waals surface area contributed by atoms with Crippen molar-refractivity contribution in [1.82, 2.24) is 53.2 Å². The Morgan fingerprint density at radius 2 is 1.03 bits per heavy atom. The Morgan fingerprint density at radius 3 is 1.45 bits per heavy atom. The van der Waals surface area contributed by atoms with Crippen LogP contribution < -0.4 is 76.1 Å². The fourth-order valence-electron chi connectivity index (χ4n) is 7.78. The fourth-order valence-corrected chi connectivity index (χ4v) is 7.78. The molecule has 0 bridgehead atoms. The number of hydrogen-bond donors (Lipinski definition) is 16. The van der Waals surface area contributed by atoms with Gasteiger partial charge in [0.2, 0.25) is 59.1 Å². The maximum absolute atomic E-state index is 14.3. The van der Waals surface area contributed by atoms with Crippen LogP contribution in [0.25, 0.3) is 0 Å². The summed E-state index contributed by atoms with van der Waals surface area (Å²) >= 11 is 0. The summed E-state index contributed by atoms with van der Waals surface area (Å²) < 4.78 is 0. The first-order valence-corrected chi connectivity index (χ1v) is 25.6. The predicted molar refractivity (Wildman–Crippen MR) is 271 cm³/mol. The summed E-state index contributed by atoms with van der Waals surface area (Å²) in [6.07, 6.45) is -0.507. The number of rotatable bonds is 24. The molecule has 418 valence electrons. The van der Waals surface area contributed by atoms with Gasteiger partial charge in [0, 0.05) is 13.0 Å². The molecular weight excluding hydrogens is 953 g/mol. The molecule has 0 spiro atoms. The van der Waals surface area contributed by atoms with E-state index >= 15 is 0 Å². The molecule has 0 aromatic carbocycles. The second kappa shape index (κ2) is 34.8. The van der Waals surface area contributed by atoms with Crippen LogP contribution in [0.1, 0.15) is 126 Å². The van der Waals surface area contributed by atoms with Gasteiger partial charge in [0.1, 0.15) is 54.4 Å². The molecule has 11 unspecified atom stereocenters. The summed E-state index contributed by atoms with van der Waals surface area (Å²) in [6.45, 7) is 10.8. The third kappa shape index (κ3) is 24.4. The number of nitrogens with two attached hydrogens (primary N) is 4. The molecule has 0 aromatic heterocycles. The van der Waals surface area contributed by atoms with Crippen molar-refractivity contribution >= 4 is 59.1 Å². The highest BCUT2D eigenvalue weighted by Gasteiger charge is 2.37. The zero-order valence-electron chi connectivity index (χ0n) is 43.8. The Bertz CT molecular complexity index is 1800. The summed E-state index contributed by atoms with van der Waals surface area (Å²) in [6, 6.07) is -12.8. The zero-order valence-corrected chi connectivity index (χ0v) is 43.8. The molecule has 0 radical (unpaired) electrons. The van der Waals surface area contributed by atoms with Crippen molar-refractivity contribution in [2.45, 2.75) is 192 Å². The van der Waals surface area contributed by atoms with E-state index in [4.69, 9.17) is 22.9 Å². The highest BCUT2D eigenvalue weighted by atomic mass is 16.3. The number of carbonyl (C=O) groups excluding carboxylic acids is 10. The van der Waals surface area contributed by atoms with E-state index in [1.165, 1.54) is 13.8 Å². The van der Waals surface area contributed by atoms with Gasteiger partial charge in [0.15, 0.2) is 0 Å². The van der Waals surface area contributed by atoms with Gasteiger partial charge >= 0.3 is 0 Å². The Labute approximate surface area is 429 Å². The van der Waals surface area contributed by atoms with E-state index in [9.17, 15) is 58.2 Å². The number of carbonyl (C=O) groups is 10. The Hall–Kier alpha value is -5.54. The monoisotopic (exact) mass is 1040 g/mol. The Balaban J connectivity index is 3.85. The van der Waals surface area contributed by atoms with Crippen molar-refractivity contribution in [3.63, 3.8) is 0 Å². The lowest BCUT2D eigenvalue weighted by Crippen LogP contribution is -2.61. The van der Waals surface area contributed by atoms with E-state index in [0.717, 1.165) is 19.3 Å². The number of hydrogen-bond acceptors (Lipinski definition) is 16. The van der Waals surface area contributed by atoms with E-state index < -0.39 is 139 Å². The van der Waals surface area contributed by atoms with Crippen LogP contribution in [0.15, 0.2) is 0 Å². The first-order valence-electron chi connectivity index (χ1n) is 25.6. The molecule has 10 amide bonds. The molecule has 1 heterocycles. The quantitative estimate of drug-likeness (QED) is 0.0403. The van der Waals surface area contributed by atoms with Crippen molar-refractivity contribution in [1.29, 1.82) is 0 Å². The van der Waals surface area contributed by atoms with Gasteiger partial charge in [-0.3, -0.25) is 47.9 Å². The highest BCUT2D eigenvalue weighted by molar-refractivity contribution is 5.98. The Kier molecular flexibility index (Phi) is 31.2. The normalized spacial score (nSPS) is 24.0. The second-order valence-corrected chi connectivity index (χ2v) is 19.4. The van der Waals surface area contributed by atoms with Crippen molar-refractivity contribution in [2.24, 2.45) is 34.8 Å². The second-order valence-electron chi connectivity index (χ2n) is 19.4. The minimum Gasteiger partial charge on any atom is -0.391 e. The number of amides is 10. The van der Waals surface area contributed by atoms with Crippen molar-refractivity contribution in [3.05, 3.63) is 0 Å². The average Bonchev–Trinajstić information content (AvgIpc) is 3.31. The molecule has 1 aliphatic rings. The summed E-state index contributed by atoms with van der Waals surface area (Å²) in [5.74, 6) is -8.82. The van der Waals surface area contributed by atoms with Crippen LogP contribution >= 0.6 is 0 Å². The number of unbranched alkanes of at least 4 members (excludes halogenated alkanes) is 3. The molecule has 0 aromatic rings. The molecule has 26 heteroatoms. The van der Waals surface area contributed by atoms with E-state index in [-0.39, 0.29) is 83.0 Å². The van der Waals surface area contributed by atoms with Crippen LogP contribution in [0.3, 0.4) is 0 Å². The van der Waals surface area contributed by atoms with Crippen molar-refractivity contribution in [3.8, 4) is 0 Å². The van der Waals surface area contributed by atoms with E-state index in [0.29, 0.717) is 6.42 Å². The van der Waals surface area contributed by atoms with Crippen molar-refractivity contribution < 1.29 is 58.2 Å². The van der Waals surface area contributed by atoms with Gasteiger partial charge in [-0.1, -0.05) is 53.9 Å². The van der Waals surface area contributed by atoms with Gasteiger partial charge in [-0.05, 0) is 103 Å². The third-order valence-electron chi connectivity index (χ3n) is 11.8. The maximum Gasteiger partial charge on any atom is 0.245 e. The molecular formula is C47H88N14O12. The molecule has 26 nitrogen and oxygen atoms in total. The smallest absolute Gasteiger partial charge is 0.245 e. The first kappa shape index (κ1) is 65.5. The lowest BCUT2D eigenvalue weighted by Gasteiger charge is -2.29. The Morgan fingerprint density at radius 1 is 0.575 bits per heavy atom. The van der Waals surface area contributed by atoms with Crippen LogP contribution in [0.4, 0.5) is 0 Å². The van der Waals surface area contributed by atoms with Crippen LogP contribution in [0.2, 0.25) is 0 Å². The summed E-state index contributed by atoms with van der Waals surface area (Å²) in [5.41, 5.74) is 23.4. The van der Waals surface area contributed by atoms with Crippen LogP contribution in [-0.4, -0.2) is 169 Å². The number of aliphatic hydroxyl groups is 2. The molecule has 1 fully saturated rings. The van der Waals surface area contributed by atoms with E-state index in [2.05, 4.69) is 53.2 Å². The lowest BCUT2D eigenvalue weighted by atomic mass is 9.99. The van der Waals surface area contributed by atoms with Gasteiger partial charge in [-0.25, -0.2) is 0 Å². The maximum atomic E-state index is 14.3. The fraction of sp³-hybridized carbons (Fsp3) is 0.787. The van der Waals surface area contributed by atoms with Crippen molar-refractivity contribution in [2.75, 3.05) is 32.7 Å². The summed E-state index contributed by atoms with van der Waals surface area (Å²) in [4.78, 5) is 138. The van der Waals surface area contributed by atoms with Gasteiger partial charge in [-0.15, -0.1) is 0 Å². The van der Waals surface area contributed by atoms with Gasteiger partial charge < -0.3 is 86.3 Å². The molecule has 1 aliphatic heterocycles. The molecule has 20 N–H and O–H groups in total. The van der Waals surface area contributed by atoms with Crippen LogP contribution in [-0.2, 0) is 47.9 Å². The van der Waals surface area contributed by atoms with Crippen LogP contribution in [0.5, 0.6) is 0 Å². The minimum atomic E-state index is -1.65. The topological polar surface area (TPSA) is 436 Å². The summed E-state index contributed by atoms with van der Waals surface area (Å²) in [5, 5.41) is 46.7. The first-order chi connectivity index (χ1) is 34.4. The zero-order chi connectivity index (χ0) is 55.4. The van der Waals surface area contributed by atoms with E-state index in [1.807, 2.05) is 6.92 Å². The van der Waals surface area contributed by atoms with Crippen LogP contribution in [0, 0.1) is 11.8 Å². The predicted octanol–water partition coefficient (Wildman–Crippen LogP) is -4.91. The van der Waals surface area contributed by atoms with Gasteiger partial charge in [-0.2, -0.15) is 0 Å². The third-order valence-corrected chi connectivity index (χ3v) is 11.8. The molecule has 0 aliphatic carbocycles. The SMILES string of the molecule is CCCCCCC(=O)NC(C(=O)NC(CCN)C(=O)NC1CCNC(=O)C(C(C)O)NC(=O)C(CCN)NC(=O)C(CCN)NC(=O)C(CC(C)C)NC(=O)C(CC(C)C)NC(=O)C(CCN)NC1=O)C(C)O. The molecule has 1 saturated heterocycles. The average molecular weight is 1040 g/mol. The number of nitrogens with one attached hydrogen (secondary N) is 10. The molecule has 0 saturated carbocycles. The minimum absolute atomic E-state index is 0.0678. The van der Waals surface area contributed by atoms with Gasteiger partial charge in [0.25, 0.3) is 0 Å². The standard InChI is InChI=1S/C47H88N14O12/c1-8-9-10-11-12-36(64)60-38(28(7)63)47(73)57-31(15-20-50)40(66)56-33-17-22-52-46(72)37(27(6)62)61-43(69)32(16-21-51)54-39(65)29(13-18-48)55-44(70)34(23-25(2)3)59-45(71)35(24-26(4)5)58-41(67)30(14-19-49)53-42(33)68/h25-35,37-38,62-63H,8-24,48-51H2,1-7H3,(H,52,72)(H,53,68)(H,54,65)(H,55,70)(H,56,66)(H,57,73)(H,58,67)(H,59,71)(H,60,64)(H,61,69). The molecule has 11 atom stereocenters. The number of aliphatic hydroxyl groups excluding tert-OH is 2. The van der Waals surface area contributed by atoms with Gasteiger partial charge in [0.05, 0.1) is 12.2 Å². The lowest BCUT2D eigenvalue weighted by molar-refractivity contribution is -0.136. The largest absolute Gasteiger partial charge is 0.391 e.